The van der Waals surface area contributed by atoms with E-state index in [2.05, 4.69) is 34.4 Å². The Hall–Kier alpha value is -4.23. The smallest absolute Gasteiger partial charge is 0.416 e. The molecule has 0 radical (unpaired) electrons. The number of rotatable bonds is 5. The summed E-state index contributed by atoms with van der Waals surface area (Å²) in [5, 5.41) is 17.7. The number of hydrogen-bond acceptors (Lipinski definition) is 6. The Morgan fingerprint density at radius 2 is 1.55 bits per heavy atom. The van der Waals surface area contributed by atoms with E-state index in [0.29, 0.717) is 35.9 Å². The number of anilines is 1. The van der Waals surface area contributed by atoms with Crippen molar-refractivity contribution < 1.29 is 36.2 Å². The first-order valence-electron chi connectivity index (χ1n) is 13.7. The number of carbonyl (C=O) groups is 1. The van der Waals surface area contributed by atoms with Crippen molar-refractivity contribution >= 4 is 22.7 Å². The van der Waals surface area contributed by atoms with E-state index in [1.165, 1.54) is 13.2 Å². The van der Waals surface area contributed by atoms with Crippen LogP contribution < -0.4 is 15.5 Å². The minimum atomic E-state index is -4.79. The minimum Gasteiger partial charge on any atom is -0.478 e. The molecule has 2 atom stereocenters. The Balaban J connectivity index is 0.000000225. The van der Waals surface area contributed by atoms with Crippen molar-refractivity contribution in [2.75, 3.05) is 25.0 Å². The van der Waals surface area contributed by atoms with Crippen LogP contribution in [0.15, 0.2) is 66.9 Å². The van der Waals surface area contributed by atoms with E-state index >= 15 is 0 Å². The third-order valence-corrected chi connectivity index (χ3v) is 6.92. The quantitative estimate of drug-likeness (QED) is 0.216. The number of halogens is 6. The molecule has 1 fully saturated rings. The van der Waals surface area contributed by atoms with Crippen LogP contribution in [0, 0.1) is 0 Å². The average Bonchev–Trinajstić information content (AvgIpc) is 2.95. The van der Waals surface area contributed by atoms with E-state index in [4.69, 9.17) is 4.98 Å². The molecule has 3 aromatic carbocycles. The zero-order valence-electron chi connectivity index (χ0n) is 24.1. The fraction of sp³-hybridized carbons (Fsp3) is 0.323. The monoisotopic (exact) mass is 619 g/mol. The van der Waals surface area contributed by atoms with Crippen molar-refractivity contribution in [3.05, 3.63) is 89.1 Å². The highest BCUT2D eigenvalue weighted by atomic mass is 19.4. The lowest BCUT2D eigenvalue weighted by Gasteiger charge is -2.36. The number of carboxylic acids is 1. The normalized spacial score (nSPS) is 17.2. The molecule has 1 aliphatic rings. The Kier molecular flexibility index (Phi) is 9.79. The Morgan fingerprint density at radius 1 is 0.955 bits per heavy atom. The number of hydrogen-bond donors (Lipinski definition) is 3. The van der Waals surface area contributed by atoms with Crippen molar-refractivity contribution in [1.29, 1.82) is 0 Å². The molecule has 0 spiro atoms. The van der Waals surface area contributed by atoms with Crippen molar-refractivity contribution in [2.45, 2.75) is 44.8 Å². The molecule has 44 heavy (non-hydrogen) atoms. The maximum Gasteiger partial charge on any atom is 0.416 e. The number of carboxylic acid groups (broad SMARTS) is 1. The Labute approximate surface area is 249 Å². The molecule has 0 saturated carbocycles. The Bertz CT molecular complexity index is 1580. The average molecular weight is 620 g/mol. The number of fused-ring (bicyclic) bond motifs is 1. The van der Waals surface area contributed by atoms with Crippen molar-refractivity contribution in [3.63, 3.8) is 0 Å². The summed E-state index contributed by atoms with van der Waals surface area (Å²) < 4.78 is 74.3. The van der Waals surface area contributed by atoms with Crippen LogP contribution in [0.5, 0.6) is 0 Å². The standard InChI is InChI=1S/C21H22N4O2.C10H9F6N/c1-13-11-25(12-14(2)23-13)21-22-10-18(20(26)27)19(24-21)17-9-5-7-15-6-3-4-8-16(15)17;1-17-5-6-2-7(9(11,12)13)4-8(3-6)10(14,15)16/h3-10,13-14,23H,11-12H2,1-2H3,(H,26,27);2-4,17H,5H2,1H3/t13-,14+;. The van der Waals surface area contributed by atoms with Gasteiger partial charge in [-0.2, -0.15) is 26.3 Å². The van der Waals surface area contributed by atoms with Gasteiger partial charge in [0, 0.05) is 43.5 Å². The summed E-state index contributed by atoms with van der Waals surface area (Å²) >= 11 is 0. The van der Waals surface area contributed by atoms with E-state index in [1.807, 2.05) is 42.5 Å². The molecule has 0 aliphatic carbocycles. The molecule has 0 unspecified atom stereocenters. The SMILES string of the molecule is CNCc1cc(C(F)(F)F)cc(C(F)(F)F)c1.C[C@@H]1CN(c2ncc(C(=O)O)c(-c3cccc4ccccc34)n2)C[C@H](C)N1. The van der Waals surface area contributed by atoms with Crippen LogP contribution >= 0.6 is 0 Å². The summed E-state index contributed by atoms with van der Waals surface area (Å²) in [7, 11) is 1.44. The largest absolute Gasteiger partial charge is 0.478 e. The molecule has 1 aromatic heterocycles. The molecular weight excluding hydrogens is 588 g/mol. The van der Waals surface area contributed by atoms with Crippen LogP contribution in [0.1, 0.15) is 40.9 Å². The van der Waals surface area contributed by atoms with Crippen LogP contribution in [0.4, 0.5) is 32.3 Å². The van der Waals surface area contributed by atoms with Crippen LogP contribution in [0.25, 0.3) is 22.0 Å². The zero-order valence-corrected chi connectivity index (χ0v) is 24.1. The number of piperazine rings is 1. The first-order chi connectivity index (χ1) is 20.7. The van der Waals surface area contributed by atoms with Crippen molar-refractivity contribution in [1.82, 2.24) is 20.6 Å². The van der Waals surface area contributed by atoms with E-state index in [1.54, 1.807) is 0 Å². The van der Waals surface area contributed by atoms with E-state index in [-0.39, 0.29) is 23.7 Å². The van der Waals surface area contributed by atoms with Gasteiger partial charge in [0.15, 0.2) is 0 Å². The third-order valence-electron chi connectivity index (χ3n) is 6.92. The molecule has 0 bridgehead atoms. The van der Waals surface area contributed by atoms with Gasteiger partial charge in [-0.05, 0) is 55.4 Å². The molecule has 1 aliphatic heterocycles. The fourth-order valence-corrected chi connectivity index (χ4v) is 5.13. The number of aromatic carboxylic acids is 1. The second-order valence-corrected chi connectivity index (χ2v) is 10.6. The van der Waals surface area contributed by atoms with Gasteiger partial charge in [-0.15, -0.1) is 0 Å². The highest BCUT2D eigenvalue weighted by Gasteiger charge is 2.36. The lowest BCUT2D eigenvalue weighted by molar-refractivity contribution is -0.143. The van der Waals surface area contributed by atoms with Crippen LogP contribution in [-0.2, 0) is 18.9 Å². The number of aromatic nitrogens is 2. The highest BCUT2D eigenvalue weighted by molar-refractivity contribution is 6.02. The third kappa shape index (κ3) is 7.83. The van der Waals surface area contributed by atoms with Gasteiger partial charge in [0.05, 0.1) is 16.8 Å². The number of alkyl halides is 6. The maximum atomic E-state index is 12.4. The van der Waals surface area contributed by atoms with Gasteiger partial charge in [-0.1, -0.05) is 42.5 Å². The lowest BCUT2D eigenvalue weighted by atomic mass is 9.99. The zero-order chi connectivity index (χ0) is 32.2. The lowest BCUT2D eigenvalue weighted by Crippen LogP contribution is -2.54. The maximum absolute atomic E-state index is 12.4. The van der Waals surface area contributed by atoms with Gasteiger partial charge in [-0.3, -0.25) is 0 Å². The van der Waals surface area contributed by atoms with Crippen molar-refractivity contribution in [2.24, 2.45) is 0 Å². The molecular formula is C31H31F6N5O2. The molecule has 234 valence electrons. The molecule has 0 amide bonds. The van der Waals surface area contributed by atoms with Gasteiger partial charge < -0.3 is 20.6 Å². The molecule has 5 rings (SSSR count). The first kappa shape index (κ1) is 32.7. The van der Waals surface area contributed by atoms with Crippen molar-refractivity contribution in [3.8, 4) is 11.3 Å². The highest BCUT2D eigenvalue weighted by Crippen LogP contribution is 2.36. The summed E-state index contributed by atoms with van der Waals surface area (Å²) in [6.45, 7) is 5.75. The van der Waals surface area contributed by atoms with Gasteiger partial charge >= 0.3 is 18.3 Å². The minimum absolute atomic E-state index is 0.0605. The summed E-state index contributed by atoms with van der Waals surface area (Å²) in [5.41, 5.74) is -1.26. The predicted molar refractivity (Wildman–Crippen MR) is 155 cm³/mol. The second-order valence-electron chi connectivity index (χ2n) is 10.6. The van der Waals surface area contributed by atoms with Gasteiger partial charge in [-0.25, -0.2) is 14.8 Å². The topological polar surface area (TPSA) is 90.4 Å². The molecule has 4 aromatic rings. The van der Waals surface area contributed by atoms with Gasteiger partial charge in [0.25, 0.3) is 0 Å². The fourth-order valence-electron chi connectivity index (χ4n) is 5.13. The van der Waals surface area contributed by atoms with E-state index in [0.717, 1.165) is 29.4 Å². The summed E-state index contributed by atoms with van der Waals surface area (Å²) in [5.74, 6) is -0.449. The van der Waals surface area contributed by atoms with E-state index in [9.17, 15) is 36.2 Å². The molecule has 3 N–H and O–H groups in total. The predicted octanol–water partition coefficient (Wildman–Crippen LogP) is 6.63. The number of nitrogens with zero attached hydrogens (tertiary/aromatic N) is 3. The summed E-state index contributed by atoms with van der Waals surface area (Å²) in [4.78, 5) is 23.0. The van der Waals surface area contributed by atoms with Gasteiger partial charge in [0.2, 0.25) is 5.95 Å². The van der Waals surface area contributed by atoms with Gasteiger partial charge in [0.1, 0.15) is 5.56 Å². The van der Waals surface area contributed by atoms with E-state index < -0.39 is 29.4 Å². The first-order valence-corrected chi connectivity index (χ1v) is 13.7. The second kappa shape index (κ2) is 13.2. The molecule has 13 heteroatoms. The molecule has 1 saturated heterocycles. The van der Waals surface area contributed by atoms with Crippen LogP contribution in [0.3, 0.4) is 0 Å². The summed E-state index contributed by atoms with van der Waals surface area (Å²) in [6.07, 6.45) is -8.15. The number of benzene rings is 3. The van der Waals surface area contributed by atoms with Crippen LogP contribution in [0.2, 0.25) is 0 Å². The van der Waals surface area contributed by atoms with Crippen LogP contribution in [-0.4, -0.2) is 53.3 Å². The Morgan fingerprint density at radius 3 is 2.11 bits per heavy atom. The number of nitrogens with one attached hydrogen (secondary N) is 2. The molecule has 7 nitrogen and oxygen atoms in total. The molecule has 2 heterocycles. The summed E-state index contributed by atoms with van der Waals surface area (Å²) in [6, 6.07) is 15.9.